The molecule has 1 aliphatic heterocycles. The van der Waals surface area contributed by atoms with Crippen LogP contribution in [0.4, 0.5) is 8.78 Å². The average Bonchev–Trinajstić information content (AvgIpc) is 1.83. The van der Waals surface area contributed by atoms with Crippen LogP contribution in [0.2, 0.25) is 0 Å². The third-order valence-corrected chi connectivity index (χ3v) is 3.48. The zero-order valence-electron chi connectivity index (χ0n) is 6.13. The third kappa shape index (κ3) is 1.72. The van der Waals surface area contributed by atoms with E-state index in [1.165, 1.54) is 6.07 Å². The highest BCUT2D eigenvalue weighted by Gasteiger charge is 2.47. The van der Waals surface area contributed by atoms with Gasteiger partial charge in [0, 0.05) is 0 Å². The van der Waals surface area contributed by atoms with Crippen LogP contribution in [0.5, 0.6) is 0 Å². The van der Waals surface area contributed by atoms with E-state index in [0.717, 1.165) is 0 Å². The average molecular weight is 195 g/mol. The second kappa shape index (κ2) is 2.66. The topological polar surface area (TPSA) is 57.9 Å². The number of nitrogens with zero attached hydrogens (tertiary/aromatic N) is 1. The molecule has 1 rings (SSSR count). The number of hydrogen-bond donors (Lipinski definition) is 0. The highest BCUT2D eigenvalue weighted by atomic mass is 32.2. The lowest BCUT2D eigenvalue weighted by atomic mass is 10.0. The molecule has 0 N–H and O–H groups in total. The lowest BCUT2D eigenvalue weighted by Crippen LogP contribution is -2.42. The zero-order chi connectivity index (χ0) is 9.41. The largest absolute Gasteiger partial charge is 0.277 e. The van der Waals surface area contributed by atoms with E-state index < -0.39 is 27.4 Å². The number of halogens is 2. The standard InChI is InChI=1S/C6H7F2NO2S/c7-6(8)4-12(10,11)2-1-5(6)3-9/h5H,1-2,4H2. The van der Waals surface area contributed by atoms with Crippen molar-refractivity contribution in [1.29, 1.82) is 5.26 Å². The van der Waals surface area contributed by atoms with Crippen molar-refractivity contribution < 1.29 is 17.2 Å². The predicted octanol–water partition coefficient (Wildman–Crippen LogP) is 0.580. The maximum Gasteiger partial charge on any atom is 0.277 e. The number of hydrogen-bond acceptors (Lipinski definition) is 3. The Labute approximate surface area is 68.9 Å². The summed E-state index contributed by atoms with van der Waals surface area (Å²) in [7, 11) is -3.63. The molecule has 0 amide bonds. The smallest absolute Gasteiger partial charge is 0.229 e. The van der Waals surface area contributed by atoms with Crippen LogP contribution in [0.15, 0.2) is 0 Å². The second-order valence-electron chi connectivity index (χ2n) is 2.82. The summed E-state index contributed by atoms with van der Waals surface area (Å²) in [5.41, 5.74) is 0. The summed E-state index contributed by atoms with van der Waals surface area (Å²) in [4.78, 5) is 0. The fourth-order valence-electron chi connectivity index (χ4n) is 1.13. The zero-order valence-corrected chi connectivity index (χ0v) is 6.94. The number of alkyl halides is 2. The quantitative estimate of drug-likeness (QED) is 0.568. The van der Waals surface area contributed by atoms with Crippen LogP contribution in [0.1, 0.15) is 6.42 Å². The molecule has 1 heterocycles. The Morgan fingerprint density at radius 3 is 2.50 bits per heavy atom. The predicted molar refractivity (Wildman–Crippen MR) is 37.3 cm³/mol. The second-order valence-corrected chi connectivity index (χ2v) is 5.01. The minimum absolute atomic E-state index is 0.258. The summed E-state index contributed by atoms with van der Waals surface area (Å²) in [6, 6.07) is 1.42. The normalized spacial score (nSPS) is 32.2. The van der Waals surface area contributed by atoms with Crippen LogP contribution >= 0.6 is 0 Å². The molecule has 1 atom stereocenters. The van der Waals surface area contributed by atoms with Crippen molar-refractivity contribution in [3.05, 3.63) is 0 Å². The molecule has 0 aliphatic carbocycles. The number of nitriles is 1. The molecule has 1 saturated heterocycles. The van der Waals surface area contributed by atoms with Crippen LogP contribution in [0.25, 0.3) is 0 Å². The molecule has 0 bridgehead atoms. The summed E-state index contributed by atoms with van der Waals surface area (Å²) >= 11 is 0. The van der Waals surface area contributed by atoms with Crippen molar-refractivity contribution in [1.82, 2.24) is 0 Å². The summed E-state index contributed by atoms with van der Waals surface area (Å²) in [6.45, 7) is 0. The van der Waals surface area contributed by atoms with Gasteiger partial charge in [-0.15, -0.1) is 0 Å². The molecular formula is C6H7F2NO2S. The van der Waals surface area contributed by atoms with Gasteiger partial charge in [0.15, 0.2) is 9.84 Å². The molecule has 68 valence electrons. The third-order valence-electron chi connectivity index (χ3n) is 1.80. The Morgan fingerprint density at radius 1 is 1.50 bits per heavy atom. The molecule has 6 heteroatoms. The van der Waals surface area contributed by atoms with E-state index in [1.807, 2.05) is 0 Å². The minimum Gasteiger partial charge on any atom is -0.229 e. The molecule has 0 aromatic rings. The molecule has 12 heavy (non-hydrogen) atoms. The van der Waals surface area contributed by atoms with Gasteiger partial charge in [-0.25, -0.2) is 17.2 Å². The van der Waals surface area contributed by atoms with Crippen LogP contribution in [-0.4, -0.2) is 25.8 Å². The molecule has 0 saturated carbocycles. The highest BCUT2D eigenvalue weighted by Crippen LogP contribution is 2.33. The van der Waals surface area contributed by atoms with E-state index in [9.17, 15) is 17.2 Å². The molecule has 1 aliphatic rings. The van der Waals surface area contributed by atoms with Crippen molar-refractivity contribution in [2.75, 3.05) is 11.5 Å². The highest BCUT2D eigenvalue weighted by molar-refractivity contribution is 7.91. The van der Waals surface area contributed by atoms with E-state index in [0.29, 0.717) is 0 Å². The van der Waals surface area contributed by atoms with Crippen molar-refractivity contribution in [3.8, 4) is 6.07 Å². The molecule has 1 fully saturated rings. The van der Waals surface area contributed by atoms with Gasteiger partial charge in [-0.2, -0.15) is 5.26 Å². The van der Waals surface area contributed by atoms with E-state index >= 15 is 0 Å². The van der Waals surface area contributed by atoms with E-state index in [-0.39, 0.29) is 12.2 Å². The van der Waals surface area contributed by atoms with Gasteiger partial charge in [-0.05, 0) is 6.42 Å². The van der Waals surface area contributed by atoms with Crippen molar-refractivity contribution in [2.45, 2.75) is 12.3 Å². The Balaban J connectivity index is 2.90. The Kier molecular flexibility index (Phi) is 2.08. The first-order valence-corrected chi connectivity index (χ1v) is 5.17. The monoisotopic (exact) mass is 195 g/mol. The van der Waals surface area contributed by atoms with Crippen LogP contribution in [0.3, 0.4) is 0 Å². The lowest BCUT2D eigenvalue weighted by molar-refractivity contribution is -0.0192. The molecule has 0 spiro atoms. The van der Waals surface area contributed by atoms with E-state index in [4.69, 9.17) is 5.26 Å². The molecule has 1 unspecified atom stereocenters. The molecular weight excluding hydrogens is 188 g/mol. The van der Waals surface area contributed by atoms with Gasteiger partial charge in [0.2, 0.25) is 0 Å². The first kappa shape index (κ1) is 9.39. The Morgan fingerprint density at radius 2 is 2.08 bits per heavy atom. The molecule has 0 radical (unpaired) electrons. The van der Waals surface area contributed by atoms with Gasteiger partial charge in [-0.3, -0.25) is 0 Å². The van der Waals surface area contributed by atoms with Crippen LogP contribution in [0, 0.1) is 17.2 Å². The maximum absolute atomic E-state index is 12.8. The van der Waals surface area contributed by atoms with Gasteiger partial charge in [0.05, 0.1) is 11.8 Å². The maximum atomic E-state index is 12.8. The minimum atomic E-state index is -3.63. The SMILES string of the molecule is N#CC1CCS(=O)(=O)CC1(F)F. The van der Waals surface area contributed by atoms with Crippen molar-refractivity contribution in [2.24, 2.45) is 5.92 Å². The fourth-order valence-corrected chi connectivity index (χ4v) is 2.66. The summed E-state index contributed by atoms with van der Waals surface area (Å²) < 4.78 is 47.0. The Bertz CT molecular complexity index is 317. The van der Waals surface area contributed by atoms with Crippen LogP contribution in [-0.2, 0) is 9.84 Å². The summed E-state index contributed by atoms with van der Waals surface area (Å²) in [5.74, 6) is -6.30. The Hall–Kier alpha value is -0.700. The van der Waals surface area contributed by atoms with Gasteiger partial charge in [-0.1, -0.05) is 0 Å². The molecule has 0 aromatic carbocycles. The van der Waals surface area contributed by atoms with Crippen LogP contribution < -0.4 is 0 Å². The number of rotatable bonds is 0. The first-order valence-electron chi connectivity index (χ1n) is 3.35. The summed E-state index contributed by atoms with van der Waals surface area (Å²) in [6.07, 6.45) is -0.258. The van der Waals surface area contributed by atoms with Crippen molar-refractivity contribution in [3.63, 3.8) is 0 Å². The lowest BCUT2D eigenvalue weighted by Gasteiger charge is -2.25. The van der Waals surface area contributed by atoms with Crippen molar-refractivity contribution >= 4 is 9.84 Å². The number of sulfone groups is 1. The fraction of sp³-hybridized carbons (Fsp3) is 0.833. The van der Waals surface area contributed by atoms with E-state index in [1.54, 1.807) is 0 Å². The van der Waals surface area contributed by atoms with Gasteiger partial charge in [0.1, 0.15) is 11.7 Å². The molecule has 3 nitrogen and oxygen atoms in total. The van der Waals surface area contributed by atoms with Gasteiger partial charge < -0.3 is 0 Å². The molecule has 0 aromatic heterocycles. The first-order chi connectivity index (χ1) is 5.37. The van der Waals surface area contributed by atoms with E-state index in [2.05, 4.69) is 0 Å². The van der Waals surface area contributed by atoms with Gasteiger partial charge in [0.25, 0.3) is 5.92 Å². The van der Waals surface area contributed by atoms with Gasteiger partial charge >= 0.3 is 0 Å². The summed E-state index contributed by atoms with van der Waals surface area (Å²) in [5, 5.41) is 8.27.